The molecule has 1 aliphatic heterocycles. The molecule has 0 unspecified atom stereocenters. The topological polar surface area (TPSA) is 38.7 Å². The quantitative estimate of drug-likeness (QED) is 0.768. The van der Waals surface area contributed by atoms with Crippen LogP contribution in [0.4, 0.5) is 0 Å². The van der Waals surface area contributed by atoms with E-state index in [-0.39, 0.29) is 6.61 Å². The molecule has 0 bridgehead atoms. The Morgan fingerprint density at radius 2 is 1.87 bits per heavy atom. The first-order valence-electron chi connectivity index (χ1n) is 5.19. The Labute approximate surface area is 89.6 Å². The fourth-order valence-corrected chi connectivity index (χ4v) is 1.55. The second-order valence-corrected chi connectivity index (χ2v) is 4.07. The Balaban J connectivity index is 2.38. The van der Waals surface area contributed by atoms with Crippen molar-refractivity contribution in [3.63, 3.8) is 0 Å². The van der Waals surface area contributed by atoms with Gasteiger partial charge in [0.25, 0.3) is 0 Å². The van der Waals surface area contributed by atoms with E-state index in [1.165, 1.54) is 5.56 Å². The highest BCUT2D eigenvalue weighted by Gasteiger charge is 2.33. The van der Waals surface area contributed by atoms with Crippen molar-refractivity contribution in [1.82, 2.24) is 0 Å². The van der Waals surface area contributed by atoms with E-state index in [9.17, 15) is 5.11 Å². The summed E-state index contributed by atoms with van der Waals surface area (Å²) >= 11 is 0. The predicted molar refractivity (Wildman–Crippen MR) is 57.3 cm³/mol. The van der Waals surface area contributed by atoms with Crippen molar-refractivity contribution in [2.24, 2.45) is 0 Å². The highest BCUT2D eigenvalue weighted by Crippen LogP contribution is 2.37. The van der Waals surface area contributed by atoms with Gasteiger partial charge in [-0.25, -0.2) is 0 Å². The minimum Gasteiger partial charge on any atom is -0.483 e. The maximum Gasteiger partial charge on any atom is 0.242 e. The van der Waals surface area contributed by atoms with Gasteiger partial charge in [-0.15, -0.1) is 0 Å². The first kappa shape index (κ1) is 10.3. The van der Waals surface area contributed by atoms with Gasteiger partial charge in [0.05, 0.1) is 0 Å². The molecule has 1 aromatic rings. The van der Waals surface area contributed by atoms with E-state index in [1.54, 1.807) is 0 Å². The standard InChI is InChI=1S/C12H16O3/c1-4-12(13)7-14-10-5-8(2)9(3)6-11(10)15-12/h5-6,13H,4,7H2,1-3H3/t12-/m0/s1. The van der Waals surface area contributed by atoms with Gasteiger partial charge in [0, 0.05) is 6.42 Å². The molecule has 0 saturated carbocycles. The number of hydrogen-bond donors (Lipinski definition) is 1. The van der Waals surface area contributed by atoms with E-state index in [0.717, 1.165) is 11.3 Å². The Hall–Kier alpha value is -1.22. The molecular weight excluding hydrogens is 192 g/mol. The summed E-state index contributed by atoms with van der Waals surface area (Å²) < 4.78 is 11.0. The number of rotatable bonds is 1. The molecule has 82 valence electrons. The van der Waals surface area contributed by atoms with Crippen LogP contribution in [0.2, 0.25) is 0 Å². The summed E-state index contributed by atoms with van der Waals surface area (Å²) in [4.78, 5) is 0. The maximum absolute atomic E-state index is 9.94. The Morgan fingerprint density at radius 1 is 1.27 bits per heavy atom. The summed E-state index contributed by atoms with van der Waals surface area (Å²) in [5.74, 6) is 0.180. The normalized spacial score (nSPS) is 24.0. The van der Waals surface area contributed by atoms with E-state index < -0.39 is 5.79 Å². The molecule has 3 heteroatoms. The minimum absolute atomic E-state index is 0.193. The molecule has 1 aliphatic rings. The van der Waals surface area contributed by atoms with Crippen LogP contribution in [0.15, 0.2) is 12.1 Å². The van der Waals surface area contributed by atoms with Crippen molar-refractivity contribution in [2.75, 3.05) is 6.61 Å². The van der Waals surface area contributed by atoms with Crippen LogP contribution in [0.3, 0.4) is 0 Å². The summed E-state index contributed by atoms with van der Waals surface area (Å²) in [6.07, 6.45) is 0.513. The molecule has 0 fully saturated rings. The van der Waals surface area contributed by atoms with Crippen LogP contribution in [0.25, 0.3) is 0 Å². The van der Waals surface area contributed by atoms with Crippen molar-refractivity contribution in [3.05, 3.63) is 23.3 Å². The molecule has 0 saturated heterocycles. The lowest BCUT2D eigenvalue weighted by atomic mass is 10.1. The fraction of sp³-hybridized carbons (Fsp3) is 0.500. The second kappa shape index (κ2) is 3.42. The number of benzene rings is 1. The molecule has 0 amide bonds. The number of ether oxygens (including phenoxy) is 2. The highest BCUT2D eigenvalue weighted by molar-refractivity contribution is 5.47. The molecule has 0 aliphatic carbocycles. The minimum atomic E-state index is -1.17. The van der Waals surface area contributed by atoms with Gasteiger partial charge >= 0.3 is 0 Å². The van der Waals surface area contributed by atoms with Crippen LogP contribution in [0.5, 0.6) is 11.5 Å². The van der Waals surface area contributed by atoms with E-state index in [0.29, 0.717) is 12.2 Å². The molecule has 0 radical (unpaired) electrons. The lowest BCUT2D eigenvalue weighted by molar-refractivity contribution is -0.175. The maximum atomic E-state index is 9.94. The molecular formula is C12H16O3. The van der Waals surface area contributed by atoms with E-state index in [1.807, 2.05) is 32.9 Å². The summed E-state index contributed by atoms with van der Waals surface area (Å²) in [6.45, 7) is 6.10. The smallest absolute Gasteiger partial charge is 0.242 e. The molecule has 1 N–H and O–H groups in total. The Kier molecular flexibility index (Phi) is 2.35. The third-order valence-electron chi connectivity index (χ3n) is 2.87. The highest BCUT2D eigenvalue weighted by atomic mass is 16.7. The number of fused-ring (bicyclic) bond motifs is 1. The molecule has 1 heterocycles. The zero-order valence-electron chi connectivity index (χ0n) is 9.33. The summed E-state index contributed by atoms with van der Waals surface area (Å²) in [5, 5.41) is 9.94. The lowest BCUT2D eigenvalue weighted by Gasteiger charge is -2.33. The zero-order chi connectivity index (χ0) is 11.1. The van der Waals surface area contributed by atoms with Gasteiger partial charge < -0.3 is 14.6 Å². The average Bonchev–Trinajstić information content (AvgIpc) is 2.21. The molecule has 1 aromatic carbocycles. The fourth-order valence-electron chi connectivity index (χ4n) is 1.55. The van der Waals surface area contributed by atoms with Crippen molar-refractivity contribution < 1.29 is 14.6 Å². The van der Waals surface area contributed by atoms with Gasteiger partial charge in [-0.3, -0.25) is 0 Å². The summed E-state index contributed by atoms with van der Waals surface area (Å²) in [7, 11) is 0. The molecule has 0 aromatic heterocycles. The largest absolute Gasteiger partial charge is 0.483 e. The monoisotopic (exact) mass is 208 g/mol. The number of aryl methyl sites for hydroxylation is 2. The summed E-state index contributed by atoms with van der Waals surface area (Å²) in [6, 6.07) is 3.85. The molecule has 1 atom stereocenters. The number of hydrogen-bond acceptors (Lipinski definition) is 3. The van der Waals surface area contributed by atoms with Crippen LogP contribution in [0.1, 0.15) is 24.5 Å². The lowest BCUT2D eigenvalue weighted by Crippen LogP contribution is -2.44. The van der Waals surface area contributed by atoms with Crippen molar-refractivity contribution in [3.8, 4) is 11.5 Å². The SMILES string of the molecule is CC[C@@]1(O)COc2cc(C)c(C)cc2O1. The Morgan fingerprint density at radius 3 is 2.47 bits per heavy atom. The Bertz CT molecular complexity index is 387. The van der Waals surface area contributed by atoms with Crippen LogP contribution < -0.4 is 9.47 Å². The van der Waals surface area contributed by atoms with Crippen molar-refractivity contribution >= 4 is 0 Å². The third kappa shape index (κ3) is 1.79. The number of aliphatic hydroxyl groups is 1. The van der Waals surface area contributed by atoms with Gasteiger partial charge in [0.1, 0.15) is 0 Å². The van der Waals surface area contributed by atoms with Crippen molar-refractivity contribution in [2.45, 2.75) is 33.0 Å². The summed E-state index contributed by atoms with van der Waals surface area (Å²) in [5.41, 5.74) is 2.30. The first-order chi connectivity index (χ1) is 7.04. The van der Waals surface area contributed by atoms with Gasteiger partial charge in [-0.1, -0.05) is 6.92 Å². The first-order valence-corrected chi connectivity index (χ1v) is 5.19. The van der Waals surface area contributed by atoms with Crippen LogP contribution >= 0.6 is 0 Å². The van der Waals surface area contributed by atoms with Gasteiger partial charge in [-0.05, 0) is 37.1 Å². The molecule has 0 spiro atoms. The van der Waals surface area contributed by atoms with Crippen LogP contribution in [0, 0.1) is 13.8 Å². The molecule has 2 rings (SSSR count). The second-order valence-electron chi connectivity index (χ2n) is 4.07. The van der Waals surface area contributed by atoms with E-state index in [2.05, 4.69) is 0 Å². The third-order valence-corrected chi connectivity index (χ3v) is 2.87. The van der Waals surface area contributed by atoms with Crippen molar-refractivity contribution in [1.29, 1.82) is 0 Å². The van der Waals surface area contributed by atoms with E-state index in [4.69, 9.17) is 9.47 Å². The molecule has 3 nitrogen and oxygen atoms in total. The zero-order valence-corrected chi connectivity index (χ0v) is 9.33. The predicted octanol–water partition coefficient (Wildman–Crippen LogP) is 2.17. The van der Waals surface area contributed by atoms with Gasteiger partial charge in [0.2, 0.25) is 5.79 Å². The van der Waals surface area contributed by atoms with E-state index >= 15 is 0 Å². The van der Waals surface area contributed by atoms with Gasteiger partial charge in [0.15, 0.2) is 18.1 Å². The van der Waals surface area contributed by atoms with Crippen LogP contribution in [-0.4, -0.2) is 17.5 Å². The molecule has 15 heavy (non-hydrogen) atoms. The van der Waals surface area contributed by atoms with Gasteiger partial charge in [-0.2, -0.15) is 0 Å². The van der Waals surface area contributed by atoms with Crippen LogP contribution in [-0.2, 0) is 0 Å². The average molecular weight is 208 g/mol.